The maximum Gasteiger partial charge on any atom is 0.573 e. The number of nitrogens with zero attached hydrogens (tertiary/aromatic N) is 3. The number of anilines is 3. The highest BCUT2D eigenvalue weighted by Crippen LogP contribution is 2.34. The lowest BCUT2D eigenvalue weighted by molar-refractivity contribution is -0.274. The van der Waals surface area contributed by atoms with Gasteiger partial charge in [-0.2, -0.15) is 10.1 Å². The number of carbonyl (C=O) groups is 2. The van der Waals surface area contributed by atoms with Crippen LogP contribution in [0, 0.1) is 6.92 Å². The van der Waals surface area contributed by atoms with Crippen LogP contribution in [0.5, 0.6) is 5.75 Å². The van der Waals surface area contributed by atoms with E-state index in [4.69, 9.17) is 0 Å². The summed E-state index contributed by atoms with van der Waals surface area (Å²) < 4.78 is 40.6. The molecule has 3 aromatic carbocycles. The van der Waals surface area contributed by atoms with Gasteiger partial charge in [0.2, 0.25) is 5.91 Å². The highest BCUT2D eigenvalue weighted by atomic mass is 32.2. The van der Waals surface area contributed by atoms with Gasteiger partial charge in [0, 0.05) is 5.69 Å². The number of carbonyl (C=O) groups excluding carboxylic acids is 2. The smallest absolute Gasteiger partial charge is 0.406 e. The van der Waals surface area contributed by atoms with Crippen LogP contribution < -0.4 is 20.4 Å². The van der Waals surface area contributed by atoms with Gasteiger partial charge in [-0.15, -0.1) is 13.2 Å². The van der Waals surface area contributed by atoms with E-state index >= 15 is 0 Å². The molecule has 1 aliphatic rings. The van der Waals surface area contributed by atoms with E-state index in [-0.39, 0.29) is 23.3 Å². The Morgan fingerprint density at radius 1 is 1.05 bits per heavy atom. The van der Waals surface area contributed by atoms with Crippen molar-refractivity contribution >= 4 is 52.1 Å². The number of alkyl halides is 3. The molecular weight excluding hydrogens is 543 g/mol. The van der Waals surface area contributed by atoms with Crippen LogP contribution in [-0.2, 0) is 4.79 Å². The zero-order valence-corrected chi connectivity index (χ0v) is 22.6. The van der Waals surface area contributed by atoms with Crippen molar-refractivity contribution < 1.29 is 27.5 Å². The Kier molecular flexibility index (Phi) is 8.78. The molecule has 0 atom stereocenters. The van der Waals surface area contributed by atoms with Crippen molar-refractivity contribution in [2.45, 2.75) is 33.1 Å². The Morgan fingerprint density at radius 2 is 1.73 bits per heavy atom. The van der Waals surface area contributed by atoms with Crippen molar-refractivity contribution in [1.82, 2.24) is 0 Å². The molecule has 0 radical (unpaired) electrons. The quantitative estimate of drug-likeness (QED) is 0.233. The Labute approximate surface area is 233 Å². The van der Waals surface area contributed by atoms with Crippen LogP contribution in [0.3, 0.4) is 0 Å². The summed E-state index contributed by atoms with van der Waals surface area (Å²) in [6, 6.07) is 17.2. The number of aliphatic imine (C=N–C) groups is 1. The predicted octanol–water partition coefficient (Wildman–Crippen LogP) is 7.13. The van der Waals surface area contributed by atoms with Gasteiger partial charge < -0.3 is 10.1 Å². The zero-order chi connectivity index (χ0) is 28.9. The van der Waals surface area contributed by atoms with Crippen molar-refractivity contribution in [1.29, 1.82) is 0 Å². The number of urea groups is 1. The van der Waals surface area contributed by atoms with Gasteiger partial charge in [-0.3, -0.25) is 15.1 Å². The Morgan fingerprint density at radius 3 is 2.38 bits per heavy atom. The van der Waals surface area contributed by atoms with E-state index in [1.54, 1.807) is 24.3 Å². The lowest BCUT2D eigenvalue weighted by Gasteiger charge is -2.22. The van der Waals surface area contributed by atoms with Crippen molar-refractivity contribution in [3.8, 4) is 5.75 Å². The SMILES string of the molecule is Cc1ccc(C(C)C)c(N2C(=O)CSC2=NC(=O)Nc2ccc(N/N=C/c3ccc(OC(F)(F)F)cc3)cc2)c1. The third kappa shape index (κ3) is 7.63. The molecule has 3 amide bonds. The molecule has 1 aliphatic heterocycles. The van der Waals surface area contributed by atoms with Crippen molar-refractivity contribution in [3.05, 3.63) is 83.4 Å². The summed E-state index contributed by atoms with van der Waals surface area (Å²) in [6.07, 6.45) is -3.31. The molecule has 0 saturated carbocycles. The summed E-state index contributed by atoms with van der Waals surface area (Å²) in [5, 5.41) is 7.08. The molecule has 2 N–H and O–H groups in total. The minimum atomic E-state index is -4.75. The third-order valence-corrected chi connectivity index (χ3v) is 6.59. The zero-order valence-electron chi connectivity index (χ0n) is 21.8. The van der Waals surface area contributed by atoms with Crippen molar-refractivity contribution in [2.24, 2.45) is 10.1 Å². The van der Waals surface area contributed by atoms with Crippen LogP contribution in [0.1, 0.15) is 36.5 Å². The number of amides is 3. The summed E-state index contributed by atoms with van der Waals surface area (Å²) in [4.78, 5) is 31.1. The molecule has 0 unspecified atom stereocenters. The van der Waals surface area contributed by atoms with E-state index in [1.165, 1.54) is 47.1 Å². The number of ether oxygens (including phenoxy) is 1. The van der Waals surface area contributed by atoms with E-state index < -0.39 is 12.4 Å². The number of nitrogens with one attached hydrogen (secondary N) is 2. The highest BCUT2D eigenvalue weighted by molar-refractivity contribution is 8.15. The summed E-state index contributed by atoms with van der Waals surface area (Å²) in [7, 11) is 0. The summed E-state index contributed by atoms with van der Waals surface area (Å²) in [6.45, 7) is 6.04. The molecule has 3 aromatic rings. The average molecular weight is 570 g/mol. The summed E-state index contributed by atoms with van der Waals surface area (Å²) in [5.41, 5.74) is 7.20. The molecule has 0 aromatic heterocycles. The monoisotopic (exact) mass is 569 g/mol. The fourth-order valence-corrected chi connectivity index (χ4v) is 4.68. The van der Waals surface area contributed by atoms with Crippen molar-refractivity contribution in [2.75, 3.05) is 21.4 Å². The van der Waals surface area contributed by atoms with E-state index in [0.717, 1.165) is 16.8 Å². The van der Waals surface area contributed by atoms with E-state index in [9.17, 15) is 22.8 Å². The standard InChI is InChI=1S/C28H26F3N5O3S/c1-17(2)23-13-4-18(3)14-24(23)36-25(37)16-40-27(36)34-26(38)33-20-7-9-21(10-8-20)35-32-15-19-5-11-22(12-6-19)39-28(29,30)31/h4-15,17,35H,16H2,1-3H3,(H,33,38)/b32-15+,34-27?. The lowest BCUT2D eigenvalue weighted by Crippen LogP contribution is -2.31. The van der Waals surface area contributed by atoms with E-state index in [1.807, 2.05) is 39.0 Å². The van der Waals surface area contributed by atoms with Crippen molar-refractivity contribution in [3.63, 3.8) is 0 Å². The molecule has 0 spiro atoms. The van der Waals surface area contributed by atoms with E-state index in [0.29, 0.717) is 22.1 Å². The number of rotatable bonds is 7. The van der Waals surface area contributed by atoms with Gasteiger partial charge in [-0.05, 0) is 84.1 Å². The Balaban J connectivity index is 1.37. The second-order valence-corrected chi connectivity index (χ2v) is 10.1. The molecule has 1 heterocycles. The van der Waals surface area contributed by atoms with Crippen LogP contribution in [0.4, 0.5) is 35.0 Å². The first-order chi connectivity index (χ1) is 19.0. The van der Waals surface area contributed by atoms with Gasteiger partial charge in [0.1, 0.15) is 5.75 Å². The number of hydrogen-bond acceptors (Lipinski definition) is 6. The summed E-state index contributed by atoms with van der Waals surface area (Å²) in [5.74, 6) is -0.0736. The first kappa shape index (κ1) is 28.7. The van der Waals surface area contributed by atoms with Crippen LogP contribution in [0.15, 0.2) is 76.8 Å². The normalized spacial score (nSPS) is 14.8. The summed E-state index contributed by atoms with van der Waals surface area (Å²) >= 11 is 1.21. The number of halogens is 3. The molecule has 40 heavy (non-hydrogen) atoms. The van der Waals surface area contributed by atoms with Crippen LogP contribution in [0.2, 0.25) is 0 Å². The molecule has 0 bridgehead atoms. The van der Waals surface area contributed by atoms with Gasteiger partial charge in [-0.25, -0.2) is 4.79 Å². The second-order valence-electron chi connectivity index (χ2n) is 9.12. The molecular formula is C28H26F3N5O3S. The van der Waals surface area contributed by atoms with Gasteiger partial charge in [0.25, 0.3) is 0 Å². The molecule has 208 valence electrons. The Hall–Kier alpha value is -4.32. The molecule has 0 aliphatic carbocycles. The minimum absolute atomic E-state index is 0.134. The van der Waals surface area contributed by atoms with Gasteiger partial charge in [0.05, 0.1) is 23.3 Å². The van der Waals surface area contributed by atoms with Gasteiger partial charge >= 0.3 is 12.4 Å². The van der Waals surface area contributed by atoms with E-state index in [2.05, 4.69) is 25.6 Å². The van der Waals surface area contributed by atoms with Crippen LogP contribution in [0.25, 0.3) is 0 Å². The van der Waals surface area contributed by atoms with Crippen LogP contribution in [-0.4, -0.2) is 35.4 Å². The predicted molar refractivity (Wildman–Crippen MR) is 152 cm³/mol. The van der Waals surface area contributed by atoms with Gasteiger partial charge in [0.15, 0.2) is 5.17 Å². The Bertz CT molecular complexity index is 1440. The number of hydrogen-bond donors (Lipinski definition) is 2. The average Bonchev–Trinajstić information content (AvgIpc) is 3.24. The fourth-order valence-electron chi connectivity index (χ4n) is 3.82. The first-order valence-corrected chi connectivity index (χ1v) is 13.2. The molecule has 1 saturated heterocycles. The number of amidine groups is 1. The topological polar surface area (TPSA) is 95.4 Å². The molecule has 4 rings (SSSR count). The third-order valence-electron chi connectivity index (χ3n) is 5.67. The second kappa shape index (κ2) is 12.2. The largest absolute Gasteiger partial charge is 0.573 e. The molecule has 12 heteroatoms. The first-order valence-electron chi connectivity index (χ1n) is 12.2. The molecule has 8 nitrogen and oxygen atoms in total. The fraction of sp³-hybridized carbons (Fsp3) is 0.214. The maximum absolute atomic E-state index is 12.7. The maximum atomic E-state index is 12.7. The van der Waals surface area contributed by atoms with Gasteiger partial charge in [-0.1, -0.05) is 37.7 Å². The number of thioether (sulfide) groups is 1. The number of benzene rings is 3. The lowest BCUT2D eigenvalue weighted by atomic mass is 9.99. The number of hydrazone groups is 1. The number of aryl methyl sites for hydroxylation is 1. The highest BCUT2D eigenvalue weighted by Gasteiger charge is 2.32. The minimum Gasteiger partial charge on any atom is -0.406 e. The van der Waals surface area contributed by atoms with Crippen LogP contribution >= 0.6 is 11.8 Å². The molecule has 1 fully saturated rings.